The van der Waals surface area contributed by atoms with Gasteiger partial charge in [-0.1, -0.05) is 27.7 Å². The van der Waals surface area contributed by atoms with E-state index in [0.29, 0.717) is 12.2 Å². The highest BCUT2D eigenvalue weighted by molar-refractivity contribution is 7.89. The molecule has 1 aromatic carbocycles. The van der Waals surface area contributed by atoms with Crippen molar-refractivity contribution in [3.05, 3.63) is 24.3 Å². The van der Waals surface area contributed by atoms with Crippen LogP contribution in [-0.4, -0.2) is 15.0 Å². The molecule has 0 saturated heterocycles. The van der Waals surface area contributed by atoms with E-state index in [2.05, 4.69) is 30.9 Å². The molecule has 0 aliphatic rings. The molecule has 0 bridgehead atoms. The molecule has 6 heteroatoms. The van der Waals surface area contributed by atoms with Gasteiger partial charge in [0.1, 0.15) is 0 Å². The Labute approximate surface area is 115 Å². The minimum absolute atomic E-state index is 0.0653. The maximum Gasteiger partial charge on any atom is 0.240 e. The zero-order valence-corrected chi connectivity index (χ0v) is 12.7. The number of anilines is 1. The number of hydrogen-bond acceptors (Lipinski definition) is 4. The predicted molar refractivity (Wildman–Crippen MR) is 78.1 cm³/mol. The van der Waals surface area contributed by atoms with Crippen molar-refractivity contribution in [2.75, 3.05) is 12.0 Å². The van der Waals surface area contributed by atoms with E-state index in [0.717, 1.165) is 0 Å². The molecule has 0 radical (unpaired) electrons. The lowest BCUT2D eigenvalue weighted by Gasteiger charge is -2.27. The molecule has 1 unspecified atom stereocenters. The summed E-state index contributed by atoms with van der Waals surface area (Å²) in [6.07, 6.45) is 0. The molecule has 4 N–H and O–H groups in total. The molecule has 0 heterocycles. The van der Waals surface area contributed by atoms with Crippen LogP contribution in [0.2, 0.25) is 0 Å². The Kier molecular flexibility index (Phi) is 4.95. The molecule has 108 valence electrons. The normalized spacial score (nSPS) is 14.2. The molecule has 0 amide bonds. The van der Waals surface area contributed by atoms with Gasteiger partial charge in [-0.25, -0.2) is 13.1 Å². The van der Waals surface area contributed by atoms with Crippen LogP contribution in [0.5, 0.6) is 0 Å². The lowest BCUT2D eigenvalue weighted by atomic mass is 9.82. The van der Waals surface area contributed by atoms with Crippen molar-refractivity contribution in [1.82, 2.24) is 4.72 Å². The number of hydrogen-bond donors (Lipinski definition) is 3. The van der Waals surface area contributed by atoms with Crippen LogP contribution in [0.15, 0.2) is 29.2 Å². The van der Waals surface area contributed by atoms with Crippen molar-refractivity contribution in [3.63, 3.8) is 0 Å². The fourth-order valence-electron chi connectivity index (χ4n) is 1.35. The molecule has 0 aromatic heterocycles. The predicted octanol–water partition coefficient (Wildman–Crippen LogP) is 1.93. The molecule has 0 fully saturated rings. The van der Waals surface area contributed by atoms with E-state index < -0.39 is 10.0 Å². The maximum absolute atomic E-state index is 12.1. The number of sulfonamides is 1. The first-order chi connectivity index (χ1) is 8.66. The minimum Gasteiger partial charge on any atom is -0.324 e. The van der Waals surface area contributed by atoms with Gasteiger partial charge in [-0.2, -0.15) is 0 Å². The zero-order valence-electron chi connectivity index (χ0n) is 11.9. The Morgan fingerprint density at radius 1 is 1.21 bits per heavy atom. The molecule has 1 rings (SSSR count). The lowest BCUT2D eigenvalue weighted by Crippen LogP contribution is -2.33. The molecule has 5 nitrogen and oxygen atoms in total. The van der Waals surface area contributed by atoms with Crippen LogP contribution >= 0.6 is 0 Å². The summed E-state index contributed by atoms with van der Waals surface area (Å²) < 4.78 is 26.8. The van der Waals surface area contributed by atoms with Crippen LogP contribution in [0.3, 0.4) is 0 Å². The summed E-state index contributed by atoms with van der Waals surface area (Å²) in [6.45, 7) is 8.72. The minimum atomic E-state index is -3.46. The standard InChI is InChI=1S/C13H23N3O2S/c1-10(13(2,3)4)9-15-19(17,18)12-7-5-11(16-14)6-8-12/h5-8,10,15-16H,9,14H2,1-4H3. The third kappa shape index (κ3) is 4.49. The summed E-state index contributed by atoms with van der Waals surface area (Å²) in [5.41, 5.74) is 3.19. The summed E-state index contributed by atoms with van der Waals surface area (Å²) >= 11 is 0. The van der Waals surface area contributed by atoms with E-state index in [1.807, 2.05) is 6.92 Å². The van der Waals surface area contributed by atoms with Crippen LogP contribution in [0.1, 0.15) is 27.7 Å². The van der Waals surface area contributed by atoms with Gasteiger partial charge in [-0.3, -0.25) is 5.84 Å². The third-order valence-corrected chi connectivity index (χ3v) is 4.83. The molecular weight excluding hydrogens is 262 g/mol. The molecule has 0 aliphatic carbocycles. The number of benzene rings is 1. The average molecular weight is 285 g/mol. The zero-order chi connectivity index (χ0) is 14.7. The van der Waals surface area contributed by atoms with Crippen molar-refractivity contribution in [2.24, 2.45) is 17.2 Å². The summed E-state index contributed by atoms with van der Waals surface area (Å²) in [5, 5.41) is 0. The summed E-state index contributed by atoms with van der Waals surface area (Å²) in [5.74, 6) is 5.48. The lowest BCUT2D eigenvalue weighted by molar-refractivity contribution is 0.263. The fraction of sp³-hybridized carbons (Fsp3) is 0.538. The van der Waals surface area contributed by atoms with E-state index >= 15 is 0 Å². The van der Waals surface area contributed by atoms with Crippen molar-refractivity contribution in [2.45, 2.75) is 32.6 Å². The van der Waals surface area contributed by atoms with Crippen LogP contribution in [0.25, 0.3) is 0 Å². The summed E-state index contributed by atoms with van der Waals surface area (Å²) in [6, 6.07) is 6.31. The molecular formula is C13H23N3O2S. The van der Waals surface area contributed by atoms with Crippen molar-refractivity contribution < 1.29 is 8.42 Å². The van der Waals surface area contributed by atoms with Gasteiger partial charge in [0, 0.05) is 12.2 Å². The number of nitrogens with one attached hydrogen (secondary N) is 2. The van der Waals surface area contributed by atoms with Crippen LogP contribution in [-0.2, 0) is 10.0 Å². The van der Waals surface area contributed by atoms with Crippen LogP contribution in [0.4, 0.5) is 5.69 Å². The molecule has 1 atom stereocenters. The third-order valence-electron chi connectivity index (χ3n) is 3.39. The fourth-order valence-corrected chi connectivity index (χ4v) is 2.49. The Hall–Kier alpha value is -1.11. The topological polar surface area (TPSA) is 84.2 Å². The van der Waals surface area contributed by atoms with Crippen LogP contribution in [0, 0.1) is 11.3 Å². The Balaban J connectivity index is 2.76. The SMILES string of the molecule is CC(CNS(=O)(=O)c1ccc(NN)cc1)C(C)(C)C. The quantitative estimate of drug-likeness (QED) is 0.570. The smallest absolute Gasteiger partial charge is 0.240 e. The van der Waals surface area contributed by atoms with Gasteiger partial charge >= 0.3 is 0 Å². The number of hydrazine groups is 1. The van der Waals surface area contributed by atoms with Gasteiger partial charge in [-0.15, -0.1) is 0 Å². The molecule has 1 aromatic rings. The Morgan fingerprint density at radius 3 is 2.16 bits per heavy atom. The first-order valence-electron chi connectivity index (χ1n) is 6.23. The molecule has 0 aliphatic heterocycles. The highest BCUT2D eigenvalue weighted by Crippen LogP contribution is 2.25. The second kappa shape index (κ2) is 5.90. The van der Waals surface area contributed by atoms with E-state index in [1.54, 1.807) is 12.1 Å². The maximum atomic E-state index is 12.1. The highest BCUT2D eigenvalue weighted by atomic mass is 32.2. The monoisotopic (exact) mass is 285 g/mol. The van der Waals surface area contributed by atoms with E-state index in [-0.39, 0.29) is 16.2 Å². The second-order valence-electron chi connectivity index (χ2n) is 5.79. The van der Waals surface area contributed by atoms with Gasteiger partial charge < -0.3 is 5.43 Å². The van der Waals surface area contributed by atoms with Gasteiger partial charge in [0.25, 0.3) is 0 Å². The van der Waals surface area contributed by atoms with E-state index in [9.17, 15) is 8.42 Å². The summed E-state index contributed by atoms with van der Waals surface area (Å²) in [4.78, 5) is 0.243. The van der Waals surface area contributed by atoms with Crippen molar-refractivity contribution in [3.8, 4) is 0 Å². The molecule has 19 heavy (non-hydrogen) atoms. The largest absolute Gasteiger partial charge is 0.324 e. The van der Waals surface area contributed by atoms with Gasteiger partial charge in [0.15, 0.2) is 0 Å². The molecule has 0 spiro atoms. The average Bonchev–Trinajstić information content (AvgIpc) is 2.35. The van der Waals surface area contributed by atoms with Crippen LogP contribution < -0.4 is 16.0 Å². The first-order valence-corrected chi connectivity index (χ1v) is 7.71. The van der Waals surface area contributed by atoms with E-state index in [4.69, 9.17) is 5.84 Å². The van der Waals surface area contributed by atoms with Crippen molar-refractivity contribution >= 4 is 15.7 Å². The Morgan fingerprint density at radius 2 is 1.74 bits per heavy atom. The summed E-state index contributed by atoms with van der Waals surface area (Å²) in [7, 11) is -3.46. The van der Waals surface area contributed by atoms with Gasteiger partial charge in [-0.05, 0) is 35.6 Å². The van der Waals surface area contributed by atoms with Gasteiger partial charge in [0.2, 0.25) is 10.0 Å². The van der Waals surface area contributed by atoms with Gasteiger partial charge in [0.05, 0.1) is 4.90 Å². The molecule has 0 saturated carbocycles. The number of nitrogen functional groups attached to an aromatic ring is 1. The van der Waals surface area contributed by atoms with Crippen molar-refractivity contribution in [1.29, 1.82) is 0 Å². The number of nitrogens with two attached hydrogens (primary N) is 1. The number of rotatable bonds is 5. The van der Waals surface area contributed by atoms with E-state index in [1.165, 1.54) is 12.1 Å². The highest BCUT2D eigenvalue weighted by Gasteiger charge is 2.22. The Bertz CT molecular complexity index is 504. The first kappa shape index (κ1) is 15.9. The second-order valence-corrected chi connectivity index (χ2v) is 7.55.